The fraction of sp³-hybridized carbons (Fsp3) is 0.381. The standard InChI is InChI=1S/C21H28N2O3.ClH/c1-25-19-13-18(14-20(15-19)26-2)9-10-21(24)23(12-6-11-22)16-17-7-4-3-5-8-17;/h3-5,7-8,13-15H,6,9-12,16,22H2,1-2H3;1H. The van der Waals surface area contributed by atoms with Crippen LogP contribution in [0, 0.1) is 0 Å². The van der Waals surface area contributed by atoms with Gasteiger partial charge in [-0.25, -0.2) is 0 Å². The lowest BCUT2D eigenvalue weighted by atomic mass is 10.1. The number of ether oxygens (including phenoxy) is 2. The Kier molecular flexibility index (Phi) is 10.3. The topological polar surface area (TPSA) is 64.8 Å². The summed E-state index contributed by atoms with van der Waals surface area (Å²) in [7, 11) is 3.25. The molecule has 0 unspecified atom stereocenters. The highest BCUT2D eigenvalue weighted by Crippen LogP contribution is 2.23. The summed E-state index contributed by atoms with van der Waals surface area (Å²) < 4.78 is 10.6. The molecule has 0 spiro atoms. The molecule has 148 valence electrons. The number of amides is 1. The first kappa shape index (κ1) is 22.8. The molecule has 27 heavy (non-hydrogen) atoms. The number of halogens is 1. The van der Waals surface area contributed by atoms with Gasteiger partial charge in [0.2, 0.25) is 5.91 Å². The van der Waals surface area contributed by atoms with E-state index in [1.807, 2.05) is 53.4 Å². The fourth-order valence-electron chi connectivity index (χ4n) is 2.80. The molecule has 2 aromatic carbocycles. The van der Waals surface area contributed by atoms with Crippen LogP contribution in [0.15, 0.2) is 48.5 Å². The zero-order chi connectivity index (χ0) is 18.8. The SMILES string of the molecule is COc1cc(CCC(=O)N(CCCN)Cc2ccccc2)cc(OC)c1.Cl. The smallest absolute Gasteiger partial charge is 0.223 e. The first-order valence-corrected chi connectivity index (χ1v) is 8.90. The van der Waals surface area contributed by atoms with Gasteiger partial charge in [-0.05, 0) is 42.6 Å². The number of nitrogens with zero attached hydrogens (tertiary/aromatic N) is 1. The second-order valence-electron chi connectivity index (χ2n) is 6.16. The van der Waals surface area contributed by atoms with Gasteiger partial charge in [-0.2, -0.15) is 0 Å². The van der Waals surface area contributed by atoms with Crippen LogP contribution in [0.3, 0.4) is 0 Å². The van der Waals surface area contributed by atoms with Crippen molar-refractivity contribution < 1.29 is 14.3 Å². The summed E-state index contributed by atoms with van der Waals surface area (Å²) in [6, 6.07) is 15.7. The molecule has 2 N–H and O–H groups in total. The Labute approximate surface area is 167 Å². The van der Waals surface area contributed by atoms with E-state index in [-0.39, 0.29) is 18.3 Å². The van der Waals surface area contributed by atoms with Crippen molar-refractivity contribution in [2.24, 2.45) is 5.73 Å². The van der Waals surface area contributed by atoms with Crippen LogP contribution in [0.1, 0.15) is 24.0 Å². The molecule has 0 aliphatic rings. The maximum Gasteiger partial charge on any atom is 0.223 e. The molecule has 6 heteroatoms. The van der Waals surface area contributed by atoms with E-state index >= 15 is 0 Å². The van der Waals surface area contributed by atoms with Crippen molar-refractivity contribution in [1.29, 1.82) is 0 Å². The molecular weight excluding hydrogens is 364 g/mol. The third-order valence-corrected chi connectivity index (χ3v) is 4.24. The zero-order valence-electron chi connectivity index (χ0n) is 16.0. The van der Waals surface area contributed by atoms with Gasteiger partial charge in [0.15, 0.2) is 0 Å². The van der Waals surface area contributed by atoms with E-state index in [1.165, 1.54) is 0 Å². The highest BCUT2D eigenvalue weighted by Gasteiger charge is 2.14. The summed E-state index contributed by atoms with van der Waals surface area (Å²) in [4.78, 5) is 14.6. The lowest BCUT2D eigenvalue weighted by Crippen LogP contribution is -2.32. The number of carbonyl (C=O) groups is 1. The Morgan fingerprint density at radius 3 is 2.19 bits per heavy atom. The second kappa shape index (κ2) is 12.2. The quantitative estimate of drug-likeness (QED) is 0.672. The summed E-state index contributed by atoms with van der Waals surface area (Å²) in [5.41, 5.74) is 7.78. The lowest BCUT2D eigenvalue weighted by Gasteiger charge is -2.23. The van der Waals surface area contributed by atoms with E-state index < -0.39 is 0 Å². The van der Waals surface area contributed by atoms with Gasteiger partial charge in [-0.1, -0.05) is 30.3 Å². The number of benzene rings is 2. The van der Waals surface area contributed by atoms with Crippen LogP contribution in [-0.4, -0.2) is 38.1 Å². The zero-order valence-corrected chi connectivity index (χ0v) is 16.8. The summed E-state index contributed by atoms with van der Waals surface area (Å²) in [5.74, 6) is 1.59. The lowest BCUT2D eigenvalue weighted by molar-refractivity contribution is -0.131. The largest absolute Gasteiger partial charge is 0.497 e. The van der Waals surface area contributed by atoms with Crippen LogP contribution in [0.5, 0.6) is 11.5 Å². The molecule has 5 nitrogen and oxygen atoms in total. The molecule has 2 rings (SSSR count). The van der Waals surface area contributed by atoms with Crippen molar-refractivity contribution >= 4 is 18.3 Å². The van der Waals surface area contributed by atoms with Gasteiger partial charge in [-0.3, -0.25) is 4.79 Å². The summed E-state index contributed by atoms with van der Waals surface area (Å²) in [5, 5.41) is 0. The minimum atomic E-state index is 0. The number of carbonyl (C=O) groups excluding carboxylic acids is 1. The molecule has 0 aromatic heterocycles. The van der Waals surface area contributed by atoms with Crippen LogP contribution < -0.4 is 15.2 Å². The molecule has 0 aliphatic carbocycles. The van der Waals surface area contributed by atoms with E-state index in [4.69, 9.17) is 15.2 Å². The molecular formula is C21H29ClN2O3. The predicted octanol–water partition coefficient (Wildman–Crippen LogP) is 3.44. The number of hydrogen-bond acceptors (Lipinski definition) is 4. The fourth-order valence-corrected chi connectivity index (χ4v) is 2.80. The van der Waals surface area contributed by atoms with Gasteiger partial charge in [0.1, 0.15) is 11.5 Å². The second-order valence-corrected chi connectivity index (χ2v) is 6.16. The summed E-state index contributed by atoms with van der Waals surface area (Å²) >= 11 is 0. The van der Waals surface area contributed by atoms with E-state index in [9.17, 15) is 4.79 Å². The van der Waals surface area contributed by atoms with Gasteiger partial charge in [-0.15, -0.1) is 12.4 Å². The van der Waals surface area contributed by atoms with Crippen LogP contribution in [0.25, 0.3) is 0 Å². The van der Waals surface area contributed by atoms with Gasteiger partial charge >= 0.3 is 0 Å². The Bertz CT molecular complexity index is 673. The number of hydrogen-bond donors (Lipinski definition) is 1. The number of aryl methyl sites for hydroxylation is 1. The van der Waals surface area contributed by atoms with E-state index in [1.54, 1.807) is 14.2 Å². The number of rotatable bonds is 10. The van der Waals surface area contributed by atoms with Crippen LogP contribution >= 0.6 is 12.4 Å². The molecule has 0 heterocycles. The number of nitrogens with two attached hydrogens (primary N) is 1. The highest BCUT2D eigenvalue weighted by molar-refractivity contribution is 5.85. The van der Waals surface area contributed by atoms with Crippen LogP contribution in [0.2, 0.25) is 0 Å². The molecule has 0 radical (unpaired) electrons. The van der Waals surface area contributed by atoms with Crippen molar-refractivity contribution in [3.05, 3.63) is 59.7 Å². The molecule has 0 saturated heterocycles. The Balaban J connectivity index is 0.00000364. The first-order valence-electron chi connectivity index (χ1n) is 8.90. The third-order valence-electron chi connectivity index (χ3n) is 4.24. The summed E-state index contributed by atoms with van der Waals surface area (Å²) in [6.45, 7) is 1.86. The van der Waals surface area contributed by atoms with Crippen LogP contribution in [-0.2, 0) is 17.8 Å². The van der Waals surface area contributed by atoms with E-state index in [2.05, 4.69) is 0 Å². The monoisotopic (exact) mass is 392 g/mol. The average molecular weight is 393 g/mol. The molecule has 0 fully saturated rings. The Morgan fingerprint density at radius 2 is 1.63 bits per heavy atom. The maximum atomic E-state index is 12.8. The molecule has 0 aliphatic heterocycles. The normalized spacial score (nSPS) is 10.0. The minimum Gasteiger partial charge on any atom is -0.497 e. The van der Waals surface area contributed by atoms with Crippen molar-refractivity contribution in [2.45, 2.75) is 25.8 Å². The van der Waals surface area contributed by atoms with Crippen molar-refractivity contribution in [3.8, 4) is 11.5 Å². The average Bonchev–Trinajstić information content (AvgIpc) is 2.69. The minimum absolute atomic E-state index is 0. The van der Waals surface area contributed by atoms with Crippen molar-refractivity contribution in [1.82, 2.24) is 4.90 Å². The maximum absolute atomic E-state index is 12.8. The predicted molar refractivity (Wildman–Crippen MR) is 111 cm³/mol. The number of methoxy groups -OCH3 is 2. The van der Waals surface area contributed by atoms with Gasteiger partial charge in [0, 0.05) is 25.6 Å². The summed E-state index contributed by atoms with van der Waals surface area (Å²) in [6.07, 6.45) is 1.87. The Hall–Kier alpha value is -2.24. The van der Waals surface area contributed by atoms with Gasteiger partial charge in [0.05, 0.1) is 14.2 Å². The molecule has 1 amide bonds. The first-order chi connectivity index (χ1) is 12.7. The van der Waals surface area contributed by atoms with Gasteiger partial charge in [0.25, 0.3) is 0 Å². The third kappa shape index (κ3) is 7.49. The van der Waals surface area contributed by atoms with E-state index in [0.29, 0.717) is 32.5 Å². The molecule has 2 aromatic rings. The Morgan fingerprint density at radius 1 is 1.00 bits per heavy atom. The molecule has 0 bridgehead atoms. The molecule has 0 saturated carbocycles. The van der Waals surface area contributed by atoms with Gasteiger partial charge < -0.3 is 20.1 Å². The van der Waals surface area contributed by atoms with Crippen LogP contribution in [0.4, 0.5) is 0 Å². The highest BCUT2D eigenvalue weighted by atomic mass is 35.5. The molecule has 0 atom stereocenters. The van der Waals surface area contributed by atoms with E-state index in [0.717, 1.165) is 29.0 Å². The van der Waals surface area contributed by atoms with Crippen molar-refractivity contribution in [2.75, 3.05) is 27.3 Å². The van der Waals surface area contributed by atoms with Crippen molar-refractivity contribution in [3.63, 3.8) is 0 Å².